The molecule has 0 saturated heterocycles. The smallest absolute Gasteiger partial charge is 0.307 e. The maximum Gasteiger partial charge on any atom is 0.307 e. The second-order valence-electron chi connectivity index (χ2n) is 2.57. The first-order chi connectivity index (χ1) is 6.56. The van der Waals surface area contributed by atoms with Gasteiger partial charge in [-0.15, -0.1) is 0 Å². The fourth-order valence-corrected chi connectivity index (χ4v) is 1.26. The van der Waals surface area contributed by atoms with Gasteiger partial charge in [-0.05, 0) is 12.1 Å². The van der Waals surface area contributed by atoms with E-state index in [2.05, 4.69) is 0 Å². The Labute approximate surface area is 84.3 Å². The molecule has 0 fully saturated rings. The van der Waals surface area contributed by atoms with E-state index in [4.69, 9.17) is 22.0 Å². The zero-order valence-corrected chi connectivity index (χ0v) is 7.68. The van der Waals surface area contributed by atoms with E-state index in [1.807, 2.05) is 0 Å². The normalized spacial score (nSPS) is 9.50. The zero-order chi connectivity index (χ0) is 10.7. The van der Waals surface area contributed by atoms with E-state index < -0.39 is 18.2 Å². The number of nitriles is 1. The molecular formula is C9H5ClFNO2. The van der Waals surface area contributed by atoms with Crippen LogP contribution in [-0.2, 0) is 11.2 Å². The van der Waals surface area contributed by atoms with Gasteiger partial charge in [0.1, 0.15) is 11.9 Å². The highest BCUT2D eigenvalue weighted by Gasteiger charge is 2.14. The minimum atomic E-state index is -1.16. The Kier molecular flexibility index (Phi) is 3.05. The number of hydrogen-bond donors (Lipinski definition) is 1. The van der Waals surface area contributed by atoms with E-state index in [1.54, 1.807) is 6.07 Å². The van der Waals surface area contributed by atoms with Crippen LogP contribution in [0.3, 0.4) is 0 Å². The minimum Gasteiger partial charge on any atom is -0.481 e. The molecule has 0 spiro atoms. The summed E-state index contributed by atoms with van der Waals surface area (Å²) in [6.07, 6.45) is -0.459. The fraction of sp³-hybridized carbons (Fsp3) is 0.111. The van der Waals surface area contributed by atoms with Crippen LogP contribution in [0, 0.1) is 17.1 Å². The molecule has 0 saturated carbocycles. The standard InChI is InChI=1S/C9H5ClFNO2/c10-7-1-2-8(11)6(4-12)5(7)3-9(13)14/h1-2H,3H2,(H,13,14). The van der Waals surface area contributed by atoms with Crippen LogP contribution in [0.25, 0.3) is 0 Å². The molecule has 0 amide bonds. The lowest BCUT2D eigenvalue weighted by Crippen LogP contribution is -2.04. The minimum absolute atomic E-state index is 0.0154. The molecule has 0 unspecified atom stereocenters. The third-order valence-corrected chi connectivity index (χ3v) is 2.00. The quantitative estimate of drug-likeness (QED) is 0.817. The second-order valence-corrected chi connectivity index (χ2v) is 2.97. The molecule has 0 aliphatic rings. The number of halogens is 2. The molecule has 1 aromatic carbocycles. The average molecular weight is 214 g/mol. The lowest BCUT2D eigenvalue weighted by molar-refractivity contribution is -0.136. The van der Waals surface area contributed by atoms with Crippen LogP contribution >= 0.6 is 11.6 Å². The van der Waals surface area contributed by atoms with Crippen molar-refractivity contribution in [1.82, 2.24) is 0 Å². The van der Waals surface area contributed by atoms with Gasteiger partial charge in [0.2, 0.25) is 0 Å². The number of carboxylic acid groups (broad SMARTS) is 1. The molecule has 0 heterocycles. The van der Waals surface area contributed by atoms with Gasteiger partial charge >= 0.3 is 5.97 Å². The van der Waals surface area contributed by atoms with Crippen molar-refractivity contribution in [3.63, 3.8) is 0 Å². The van der Waals surface area contributed by atoms with Gasteiger partial charge in [-0.25, -0.2) is 4.39 Å². The van der Waals surface area contributed by atoms with Gasteiger partial charge in [0, 0.05) is 10.6 Å². The Morgan fingerprint density at radius 3 is 2.79 bits per heavy atom. The van der Waals surface area contributed by atoms with Crippen LogP contribution in [0.1, 0.15) is 11.1 Å². The first-order valence-electron chi connectivity index (χ1n) is 3.65. The van der Waals surface area contributed by atoms with E-state index in [0.29, 0.717) is 0 Å². The molecule has 72 valence electrons. The fourth-order valence-electron chi connectivity index (χ4n) is 1.04. The maximum absolute atomic E-state index is 13.0. The molecule has 0 radical (unpaired) electrons. The molecule has 1 rings (SSSR count). The SMILES string of the molecule is N#Cc1c(F)ccc(Cl)c1CC(=O)O. The first-order valence-corrected chi connectivity index (χ1v) is 4.03. The van der Waals surface area contributed by atoms with Crippen molar-refractivity contribution in [2.75, 3.05) is 0 Å². The molecule has 0 bridgehead atoms. The van der Waals surface area contributed by atoms with E-state index in [1.165, 1.54) is 6.07 Å². The van der Waals surface area contributed by atoms with E-state index in [-0.39, 0.29) is 16.1 Å². The number of carbonyl (C=O) groups is 1. The summed E-state index contributed by atoms with van der Waals surface area (Å²) >= 11 is 5.64. The van der Waals surface area contributed by atoms with E-state index in [0.717, 1.165) is 6.07 Å². The van der Waals surface area contributed by atoms with E-state index >= 15 is 0 Å². The Bertz CT molecular complexity index is 426. The number of benzene rings is 1. The Morgan fingerprint density at radius 2 is 2.29 bits per heavy atom. The largest absolute Gasteiger partial charge is 0.481 e. The molecule has 0 aliphatic heterocycles. The van der Waals surface area contributed by atoms with Crippen molar-refractivity contribution in [2.24, 2.45) is 0 Å². The van der Waals surface area contributed by atoms with Gasteiger partial charge in [-0.2, -0.15) is 5.26 Å². The summed E-state index contributed by atoms with van der Waals surface area (Å²) in [5.41, 5.74) is -0.290. The summed E-state index contributed by atoms with van der Waals surface area (Å²) in [4.78, 5) is 10.4. The highest BCUT2D eigenvalue weighted by molar-refractivity contribution is 6.31. The molecule has 1 aromatic rings. The van der Waals surface area contributed by atoms with Gasteiger partial charge in [-0.1, -0.05) is 11.6 Å². The van der Waals surface area contributed by atoms with Crippen LogP contribution in [-0.4, -0.2) is 11.1 Å². The third-order valence-electron chi connectivity index (χ3n) is 1.64. The summed E-state index contributed by atoms with van der Waals surface area (Å²) in [6.45, 7) is 0. The predicted octanol–water partition coefficient (Wildman–Crippen LogP) is 1.98. The predicted molar refractivity (Wildman–Crippen MR) is 47.5 cm³/mol. The molecule has 0 aromatic heterocycles. The second kappa shape index (κ2) is 4.07. The van der Waals surface area contributed by atoms with Gasteiger partial charge in [0.05, 0.1) is 12.0 Å². The van der Waals surface area contributed by atoms with Crippen LogP contribution in [0.4, 0.5) is 4.39 Å². The Balaban J connectivity index is 3.31. The number of carboxylic acids is 1. The molecule has 5 heteroatoms. The highest BCUT2D eigenvalue weighted by Crippen LogP contribution is 2.22. The lowest BCUT2D eigenvalue weighted by atomic mass is 10.1. The summed E-state index contributed by atoms with van der Waals surface area (Å²) < 4.78 is 13.0. The Morgan fingerprint density at radius 1 is 1.64 bits per heavy atom. The van der Waals surface area contributed by atoms with Crippen molar-refractivity contribution in [2.45, 2.75) is 6.42 Å². The van der Waals surface area contributed by atoms with Crippen molar-refractivity contribution in [3.8, 4) is 6.07 Å². The van der Waals surface area contributed by atoms with Crippen LogP contribution < -0.4 is 0 Å². The maximum atomic E-state index is 13.0. The Hall–Kier alpha value is -1.60. The third kappa shape index (κ3) is 2.01. The molecule has 0 aliphatic carbocycles. The van der Waals surface area contributed by atoms with Crippen LogP contribution in [0.5, 0.6) is 0 Å². The van der Waals surface area contributed by atoms with Crippen molar-refractivity contribution in [3.05, 3.63) is 34.1 Å². The van der Waals surface area contributed by atoms with Gasteiger partial charge in [0.25, 0.3) is 0 Å². The number of hydrogen-bond acceptors (Lipinski definition) is 2. The summed E-state index contributed by atoms with van der Waals surface area (Å²) in [5, 5.41) is 17.2. The van der Waals surface area contributed by atoms with Crippen LogP contribution in [0.2, 0.25) is 5.02 Å². The number of nitrogens with zero attached hydrogens (tertiary/aromatic N) is 1. The molecule has 14 heavy (non-hydrogen) atoms. The summed E-state index contributed by atoms with van der Waals surface area (Å²) in [6, 6.07) is 3.85. The summed E-state index contributed by atoms with van der Waals surface area (Å²) in [7, 11) is 0. The van der Waals surface area contributed by atoms with Crippen molar-refractivity contribution >= 4 is 17.6 Å². The van der Waals surface area contributed by atoms with Crippen molar-refractivity contribution in [1.29, 1.82) is 5.26 Å². The van der Waals surface area contributed by atoms with Crippen molar-refractivity contribution < 1.29 is 14.3 Å². The molecule has 0 atom stereocenters. The highest BCUT2D eigenvalue weighted by atomic mass is 35.5. The van der Waals surface area contributed by atoms with E-state index in [9.17, 15) is 9.18 Å². The summed E-state index contributed by atoms with van der Waals surface area (Å²) in [5.74, 6) is -1.91. The van der Waals surface area contributed by atoms with Crippen LogP contribution in [0.15, 0.2) is 12.1 Å². The lowest BCUT2D eigenvalue weighted by Gasteiger charge is -2.03. The monoisotopic (exact) mass is 213 g/mol. The molecule has 3 nitrogen and oxygen atoms in total. The zero-order valence-electron chi connectivity index (χ0n) is 6.92. The number of rotatable bonds is 2. The van der Waals surface area contributed by atoms with Gasteiger partial charge < -0.3 is 5.11 Å². The van der Waals surface area contributed by atoms with Gasteiger partial charge in [0.15, 0.2) is 0 Å². The molecular weight excluding hydrogens is 209 g/mol. The topological polar surface area (TPSA) is 61.1 Å². The number of aliphatic carboxylic acids is 1. The van der Waals surface area contributed by atoms with Gasteiger partial charge in [-0.3, -0.25) is 4.79 Å². The molecule has 1 N–H and O–H groups in total. The average Bonchev–Trinajstić information content (AvgIpc) is 2.11. The first kappa shape index (κ1) is 10.5.